The summed E-state index contributed by atoms with van der Waals surface area (Å²) in [5.74, 6) is 1.31. The van der Waals surface area contributed by atoms with E-state index in [1.165, 1.54) is 23.3 Å². The molecule has 1 saturated heterocycles. The van der Waals surface area contributed by atoms with E-state index >= 15 is 0 Å². The van der Waals surface area contributed by atoms with Crippen molar-refractivity contribution in [3.8, 4) is 11.5 Å². The van der Waals surface area contributed by atoms with Crippen LogP contribution >= 0.6 is 11.3 Å². The number of rotatable bonds is 3. The van der Waals surface area contributed by atoms with Crippen molar-refractivity contribution >= 4 is 16.3 Å². The molecule has 2 aliphatic rings. The van der Waals surface area contributed by atoms with Crippen molar-refractivity contribution in [1.29, 1.82) is 0 Å². The molecule has 6 heteroatoms. The molecule has 1 atom stereocenters. The Labute approximate surface area is 127 Å². The van der Waals surface area contributed by atoms with E-state index in [-0.39, 0.29) is 6.10 Å². The summed E-state index contributed by atoms with van der Waals surface area (Å²) < 4.78 is 11.2. The molecule has 2 aromatic rings. The molecule has 2 N–H and O–H groups in total. The van der Waals surface area contributed by atoms with Gasteiger partial charge in [-0.2, -0.15) is 4.98 Å². The van der Waals surface area contributed by atoms with Crippen molar-refractivity contribution in [3.63, 3.8) is 0 Å². The zero-order valence-electron chi connectivity index (χ0n) is 11.9. The number of aryl methyl sites for hydroxylation is 1. The van der Waals surface area contributed by atoms with Crippen molar-refractivity contribution in [2.45, 2.75) is 51.0 Å². The van der Waals surface area contributed by atoms with Crippen LogP contribution in [0.3, 0.4) is 0 Å². The number of ether oxygens (including phenoxy) is 1. The topological polar surface area (TPSA) is 74.2 Å². The normalized spacial score (nSPS) is 21.6. The summed E-state index contributed by atoms with van der Waals surface area (Å²) in [4.78, 5) is 5.94. The van der Waals surface area contributed by atoms with E-state index in [9.17, 15) is 0 Å². The number of nitrogens with zero attached hydrogens (tertiary/aromatic N) is 2. The highest BCUT2D eigenvalue weighted by Gasteiger charge is 2.26. The minimum Gasteiger partial charge on any atom is -0.390 e. The van der Waals surface area contributed by atoms with Gasteiger partial charge in [-0.1, -0.05) is 5.16 Å². The minimum absolute atomic E-state index is 0.231. The van der Waals surface area contributed by atoms with Gasteiger partial charge < -0.3 is 15.0 Å². The Bertz CT molecular complexity index is 643. The highest BCUT2D eigenvalue weighted by atomic mass is 32.1. The molecule has 4 rings (SSSR count). The van der Waals surface area contributed by atoms with Crippen LogP contribution in [0, 0.1) is 0 Å². The molecule has 0 radical (unpaired) electrons. The summed E-state index contributed by atoms with van der Waals surface area (Å²) in [5.41, 5.74) is 8.45. The number of hydrogen-bond donors (Lipinski definition) is 1. The molecule has 0 saturated carbocycles. The van der Waals surface area contributed by atoms with E-state index < -0.39 is 0 Å². The second kappa shape index (κ2) is 5.42. The average molecular weight is 305 g/mol. The van der Waals surface area contributed by atoms with Crippen LogP contribution in [0.25, 0.3) is 11.5 Å². The zero-order valence-corrected chi connectivity index (χ0v) is 12.7. The van der Waals surface area contributed by atoms with E-state index in [1.54, 1.807) is 11.3 Å². The standard InChI is InChI=1S/C15H19N3O2S/c16-14-13(10-5-3-6-11(10)21-14)15-17-12(18-20-15)8-9-4-1-2-7-19-9/h9H,1-8,16H2. The lowest BCUT2D eigenvalue weighted by Gasteiger charge is -2.20. The molecule has 0 aromatic carbocycles. The first-order valence-corrected chi connectivity index (χ1v) is 8.47. The van der Waals surface area contributed by atoms with Gasteiger partial charge in [0.05, 0.1) is 16.7 Å². The molecule has 1 aliphatic carbocycles. The Kier molecular flexibility index (Phi) is 3.43. The van der Waals surface area contributed by atoms with Gasteiger partial charge >= 0.3 is 0 Å². The van der Waals surface area contributed by atoms with E-state index in [0.717, 1.165) is 55.1 Å². The van der Waals surface area contributed by atoms with E-state index in [1.807, 2.05) is 0 Å². The molecule has 2 aromatic heterocycles. The third-order valence-electron chi connectivity index (χ3n) is 4.31. The van der Waals surface area contributed by atoms with Crippen LogP contribution in [0.2, 0.25) is 0 Å². The number of anilines is 1. The van der Waals surface area contributed by atoms with Gasteiger partial charge in [0.15, 0.2) is 5.82 Å². The van der Waals surface area contributed by atoms with E-state index in [2.05, 4.69) is 10.1 Å². The second-order valence-electron chi connectivity index (χ2n) is 5.81. The van der Waals surface area contributed by atoms with Gasteiger partial charge in [0.25, 0.3) is 5.89 Å². The Hall–Kier alpha value is -1.40. The molecular formula is C15H19N3O2S. The minimum atomic E-state index is 0.231. The molecule has 1 unspecified atom stereocenters. The summed E-state index contributed by atoms with van der Waals surface area (Å²) in [6.45, 7) is 0.848. The maximum absolute atomic E-state index is 6.14. The van der Waals surface area contributed by atoms with Crippen molar-refractivity contribution < 1.29 is 9.26 Å². The van der Waals surface area contributed by atoms with E-state index in [4.69, 9.17) is 15.0 Å². The first kappa shape index (κ1) is 13.3. The first-order valence-electron chi connectivity index (χ1n) is 7.66. The predicted octanol–water partition coefficient (Wildman–Crippen LogP) is 2.98. The quantitative estimate of drug-likeness (QED) is 0.943. The highest BCUT2D eigenvalue weighted by Crippen LogP contribution is 2.42. The number of nitrogens with two attached hydrogens (primary N) is 1. The monoisotopic (exact) mass is 305 g/mol. The lowest BCUT2D eigenvalue weighted by molar-refractivity contribution is 0.0153. The maximum Gasteiger partial charge on any atom is 0.261 e. The molecule has 112 valence electrons. The summed E-state index contributed by atoms with van der Waals surface area (Å²) in [5, 5.41) is 4.92. The van der Waals surface area contributed by atoms with Crippen LogP contribution in [0.5, 0.6) is 0 Å². The Morgan fingerprint density at radius 1 is 1.24 bits per heavy atom. The largest absolute Gasteiger partial charge is 0.390 e. The molecule has 21 heavy (non-hydrogen) atoms. The van der Waals surface area contributed by atoms with E-state index in [0.29, 0.717) is 5.89 Å². The van der Waals surface area contributed by atoms with Gasteiger partial charge in [0.1, 0.15) is 0 Å². The molecule has 0 spiro atoms. The third kappa shape index (κ3) is 2.46. The number of nitrogen functional groups attached to an aromatic ring is 1. The van der Waals surface area contributed by atoms with Gasteiger partial charge in [-0.15, -0.1) is 11.3 Å². The van der Waals surface area contributed by atoms with Gasteiger partial charge in [0, 0.05) is 17.9 Å². The fourth-order valence-electron chi connectivity index (χ4n) is 3.27. The molecule has 3 heterocycles. The summed E-state index contributed by atoms with van der Waals surface area (Å²) in [6.07, 6.45) is 7.82. The predicted molar refractivity (Wildman–Crippen MR) is 81.3 cm³/mol. The molecule has 5 nitrogen and oxygen atoms in total. The number of hydrogen-bond acceptors (Lipinski definition) is 6. The summed E-state index contributed by atoms with van der Waals surface area (Å²) >= 11 is 1.67. The fourth-order valence-corrected chi connectivity index (χ4v) is 4.42. The number of fused-ring (bicyclic) bond motifs is 1. The van der Waals surface area contributed by atoms with Crippen LogP contribution in [-0.2, 0) is 24.0 Å². The Morgan fingerprint density at radius 3 is 3.05 bits per heavy atom. The van der Waals surface area contributed by atoms with Gasteiger partial charge in [-0.25, -0.2) is 0 Å². The molecular weight excluding hydrogens is 286 g/mol. The lowest BCUT2D eigenvalue weighted by Crippen LogP contribution is -2.21. The van der Waals surface area contributed by atoms with Crippen LogP contribution in [0.4, 0.5) is 5.00 Å². The van der Waals surface area contributed by atoms with Crippen molar-refractivity contribution in [1.82, 2.24) is 10.1 Å². The molecule has 0 bridgehead atoms. The molecule has 1 fully saturated rings. The molecule has 1 aliphatic heterocycles. The van der Waals surface area contributed by atoms with Crippen molar-refractivity contribution in [2.24, 2.45) is 0 Å². The van der Waals surface area contributed by atoms with Crippen LogP contribution in [0.15, 0.2) is 4.52 Å². The maximum atomic E-state index is 6.14. The average Bonchev–Trinajstić information content (AvgIpc) is 3.16. The van der Waals surface area contributed by atoms with Crippen LogP contribution in [-0.4, -0.2) is 22.9 Å². The third-order valence-corrected chi connectivity index (χ3v) is 5.44. The zero-order chi connectivity index (χ0) is 14.2. The van der Waals surface area contributed by atoms with Gasteiger partial charge in [0.2, 0.25) is 0 Å². The number of thiophene rings is 1. The van der Waals surface area contributed by atoms with Crippen molar-refractivity contribution in [3.05, 3.63) is 16.3 Å². The highest BCUT2D eigenvalue weighted by molar-refractivity contribution is 7.16. The summed E-state index contributed by atoms with van der Waals surface area (Å²) in [6, 6.07) is 0. The smallest absolute Gasteiger partial charge is 0.261 e. The first-order chi connectivity index (χ1) is 10.3. The second-order valence-corrected chi connectivity index (χ2v) is 6.94. The van der Waals surface area contributed by atoms with Crippen LogP contribution < -0.4 is 5.73 Å². The van der Waals surface area contributed by atoms with Gasteiger partial charge in [-0.05, 0) is 44.1 Å². The SMILES string of the molecule is Nc1sc2c(c1-c1nc(CC3CCCCO3)no1)CCC2. The Balaban J connectivity index is 1.57. The van der Waals surface area contributed by atoms with Crippen LogP contribution in [0.1, 0.15) is 41.9 Å². The van der Waals surface area contributed by atoms with Gasteiger partial charge in [-0.3, -0.25) is 0 Å². The van der Waals surface area contributed by atoms with Crippen molar-refractivity contribution in [2.75, 3.05) is 12.3 Å². The number of aromatic nitrogens is 2. The lowest BCUT2D eigenvalue weighted by atomic mass is 10.1. The Morgan fingerprint density at radius 2 is 2.19 bits per heavy atom. The fraction of sp³-hybridized carbons (Fsp3) is 0.600. The molecule has 0 amide bonds. The summed E-state index contributed by atoms with van der Waals surface area (Å²) in [7, 11) is 0.